The van der Waals surface area contributed by atoms with E-state index in [1.807, 2.05) is 23.1 Å². The third kappa shape index (κ3) is 4.24. The molecule has 1 N–H and O–H groups in total. The minimum absolute atomic E-state index is 0.0521. The van der Waals surface area contributed by atoms with Crippen molar-refractivity contribution in [2.24, 2.45) is 11.8 Å². The fourth-order valence-corrected chi connectivity index (χ4v) is 4.81. The molecule has 2 atom stereocenters. The monoisotopic (exact) mass is 398 g/mol. The van der Waals surface area contributed by atoms with E-state index >= 15 is 0 Å². The summed E-state index contributed by atoms with van der Waals surface area (Å²) in [6.07, 6.45) is 4.62. The van der Waals surface area contributed by atoms with Crippen molar-refractivity contribution >= 4 is 28.3 Å². The van der Waals surface area contributed by atoms with Crippen molar-refractivity contribution in [2.45, 2.75) is 44.9 Å². The molecule has 0 bridgehead atoms. The van der Waals surface area contributed by atoms with Crippen LogP contribution in [0, 0.1) is 11.8 Å². The summed E-state index contributed by atoms with van der Waals surface area (Å²) in [5.74, 6) is 0.398. The van der Waals surface area contributed by atoms with Gasteiger partial charge in [-0.25, -0.2) is 0 Å². The van der Waals surface area contributed by atoms with Crippen LogP contribution in [0.3, 0.4) is 0 Å². The van der Waals surface area contributed by atoms with Crippen LogP contribution in [-0.2, 0) is 9.59 Å². The molecule has 1 saturated heterocycles. The summed E-state index contributed by atoms with van der Waals surface area (Å²) >= 11 is 1.44. The number of hydrogen-bond donors (Lipinski definition) is 1. The quantitative estimate of drug-likeness (QED) is 0.806. The van der Waals surface area contributed by atoms with E-state index in [-0.39, 0.29) is 29.6 Å². The molecule has 1 aromatic carbocycles. The number of nitrogens with one attached hydrogen (secondary N) is 1. The van der Waals surface area contributed by atoms with Crippen LogP contribution in [0.15, 0.2) is 30.3 Å². The van der Waals surface area contributed by atoms with Gasteiger partial charge in [0.2, 0.25) is 16.9 Å². The maximum Gasteiger partial charge on any atom is 0.231 e. The van der Waals surface area contributed by atoms with Crippen LogP contribution in [0.2, 0.25) is 0 Å². The van der Waals surface area contributed by atoms with Crippen molar-refractivity contribution in [3.05, 3.63) is 40.9 Å². The van der Waals surface area contributed by atoms with Gasteiger partial charge in [0, 0.05) is 24.9 Å². The van der Waals surface area contributed by atoms with Gasteiger partial charge >= 0.3 is 0 Å². The number of aromatic nitrogens is 2. The Morgan fingerprint density at radius 1 is 1.18 bits per heavy atom. The van der Waals surface area contributed by atoms with Gasteiger partial charge in [0.05, 0.1) is 5.92 Å². The zero-order chi connectivity index (χ0) is 19.5. The maximum absolute atomic E-state index is 12.7. The molecule has 0 radical (unpaired) electrons. The Balaban J connectivity index is 1.39. The van der Waals surface area contributed by atoms with Crippen LogP contribution in [0.4, 0.5) is 5.13 Å². The molecule has 28 heavy (non-hydrogen) atoms. The van der Waals surface area contributed by atoms with E-state index in [1.165, 1.54) is 16.9 Å². The highest BCUT2D eigenvalue weighted by atomic mass is 32.1. The molecule has 1 saturated carbocycles. The van der Waals surface area contributed by atoms with E-state index in [1.54, 1.807) is 0 Å². The van der Waals surface area contributed by atoms with Crippen molar-refractivity contribution in [1.29, 1.82) is 0 Å². The van der Waals surface area contributed by atoms with E-state index in [0.29, 0.717) is 11.7 Å². The van der Waals surface area contributed by atoms with Crippen molar-refractivity contribution in [3.8, 4) is 0 Å². The number of likely N-dealkylation sites (tertiary alicyclic amines) is 1. The highest BCUT2D eigenvalue weighted by molar-refractivity contribution is 7.15. The summed E-state index contributed by atoms with van der Waals surface area (Å²) in [7, 11) is 0. The first-order chi connectivity index (χ1) is 13.7. The second-order valence-electron chi connectivity index (χ2n) is 7.70. The molecule has 1 aliphatic heterocycles. The Morgan fingerprint density at radius 2 is 1.96 bits per heavy atom. The van der Waals surface area contributed by atoms with E-state index in [4.69, 9.17) is 0 Å². The number of nitrogens with zero attached hydrogens (tertiary/aromatic N) is 3. The fraction of sp³-hybridized carbons (Fsp3) is 0.524. The first-order valence-electron chi connectivity index (χ1n) is 10.1. The highest BCUT2D eigenvalue weighted by Crippen LogP contribution is 2.34. The van der Waals surface area contributed by atoms with Crippen LogP contribution in [0.1, 0.15) is 55.5 Å². The minimum Gasteiger partial charge on any atom is -0.342 e. The number of amides is 2. The maximum atomic E-state index is 12.7. The molecule has 2 unspecified atom stereocenters. The highest BCUT2D eigenvalue weighted by Gasteiger charge is 2.36. The lowest BCUT2D eigenvalue weighted by Crippen LogP contribution is -2.44. The standard InChI is InChI=1S/C21H26N4O2S/c1-2-17(14-7-4-3-5-8-14)19-23-24-21(28-19)22-18(26)16-9-6-12-25(13-16)20(27)15-10-11-15/h3-5,7-8,15-17H,2,6,9-13H2,1H3,(H,22,24,26). The second-order valence-corrected chi connectivity index (χ2v) is 8.71. The topological polar surface area (TPSA) is 75.2 Å². The van der Waals surface area contributed by atoms with Crippen LogP contribution >= 0.6 is 11.3 Å². The van der Waals surface area contributed by atoms with Gasteiger partial charge in [0.25, 0.3) is 0 Å². The molecular weight excluding hydrogens is 372 g/mol. The third-order valence-corrected chi connectivity index (χ3v) is 6.56. The number of carbonyl (C=O) groups excluding carboxylic acids is 2. The van der Waals surface area contributed by atoms with Crippen molar-refractivity contribution in [3.63, 3.8) is 0 Å². The predicted molar refractivity (Wildman–Crippen MR) is 109 cm³/mol. The van der Waals surface area contributed by atoms with Crippen molar-refractivity contribution in [2.75, 3.05) is 18.4 Å². The zero-order valence-corrected chi connectivity index (χ0v) is 17.0. The number of benzene rings is 1. The molecule has 2 fully saturated rings. The van der Waals surface area contributed by atoms with Gasteiger partial charge in [-0.15, -0.1) is 10.2 Å². The Kier molecular flexibility index (Phi) is 5.71. The summed E-state index contributed by atoms with van der Waals surface area (Å²) < 4.78 is 0. The lowest BCUT2D eigenvalue weighted by Gasteiger charge is -2.32. The minimum atomic E-state index is -0.167. The van der Waals surface area contributed by atoms with Gasteiger partial charge in [0.1, 0.15) is 5.01 Å². The molecule has 2 aliphatic rings. The lowest BCUT2D eigenvalue weighted by molar-refractivity contribution is -0.135. The molecule has 148 valence electrons. The number of rotatable bonds is 6. The molecule has 4 rings (SSSR count). The Hall–Kier alpha value is -2.28. The summed E-state index contributed by atoms with van der Waals surface area (Å²) in [5.41, 5.74) is 1.21. The van der Waals surface area contributed by atoms with Gasteiger partial charge in [-0.2, -0.15) is 0 Å². The zero-order valence-electron chi connectivity index (χ0n) is 16.1. The lowest BCUT2D eigenvalue weighted by atomic mass is 9.97. The normalized spacial score (nSPS) is 20.6. The second kappa shape index (κ2) is 8.39. The molecule has 2 aromatic rings. The van der Waals surface area contributed by atoms with E-state index in [0.717, 1.165) is 43.7 Å². The van der Waals surface area contributed by atoms with Crippen molar-refractivity contribution < 1.29 is 9.59 Å². The summed E-state index contributed by atoms with van der Waals surface area (Å²) in [4.78, 5) is 26.9. The number of piperidine rings is 1. The van der Waals surface area contributed by atoms with Gasteiger partial charge < -0.3 is 10.2 Å². The largest absolute Gasteiger partial charge is 0.342 e. The molecular formula is C21H26N4O2S. The Morgan fingerprint density at radius 3 is 2.68 bits per heavy atom. The number of hydrogen-bond acceptors (Lipinski definition) is 5. The van der Waals surface area contributed by atoms with Crippen molar-refractivity contribution in [1.82, 2.24) is 15.1 Å². The molecule has 7 heteroatoms. The molecule has 0 spiro atoms. The summed E-state index contributed by atoms with van der Waals surface area (Å²) in [5, 5.41) is 12.9. The van der Waals surface area contributed by atoms with Crippen LogP contribution < -0.4 is 5.32 Å². The average molecular weight is 399 g/mol. The molecule has 1 aromatic heterocycles. The average Bonchev–Trinajstić information content (AvgIpc) is 3.49. The summed E-state index contributed by atoms with van der Waals surface area (Å²) in [6, 6.07) is 10.3. The third-order valence-electron chi connectivity index (χ3n) is 5.61. The first kappa shape index (κ1) is 19.1. The first-order valence-corrected chi connectivity index (χ1v) is 11.0. The van der Waals surface area contributed by atoms with Gasteiger partial charge in [-0.05, 0) is 37.7 Å². The van der Waals surface area contributed by atoms with E-state index in [2.05, 4.69) is 34.6 Å². The Bertz CT molecular complexity index is 834. The molecule has 2 amide bonds. The van der Waals surface area contributed by atoms with E-state index < -0.39 is 0 Å². The SMILES string of the molecule is CCC(c1ccccc1)c1nnc(NC(=O)C2CCCN(C(=O)C3CC3)C2)s1. The van der Waals surface area contributed by atoms with Crippen LogP contribution in [0.25, 0.3) is 0 Å². The van der Waals surface area contributed by atoms with Crippen LogP contribution in [0.5, 0.6) is 0 Å². The smallest absolute Gasteiger partial charge is 0.231 e. The number of anilines is 1. The van der Waals surface area contributed by atoms with Gasteiger partial charge in [-0.1, -0.05) is 48.6 Å². The van der Waals surface area contributed by atoms with Gasteiger partial charge in [0.15, 0.2) is 0 Å². The van der Waals surface area contributed by atoms with Crippen LogP contribution in [-0.4, -0.2) is 40.0 Å². The van der Waals surface area contributed by atoms with E-state index in [9.17, 15) is 9.59 Å². The summed E-state index contributed by atoms with van der Waals surface area (Å²) in [6.45, 7) is 3.43. The molecule has 6 nitrogen and oxygen atoms in total. The Labute approximate surface area is 169 Å². The molecule has 1 aliphatic carbocycles. The number of carbonyl (C=O) groups is 2. The molecule has 2 heterocycles. The fourth-order valence-electron chi connectivity index (χ4n) is 3.85. The van der Waals surface area contributed by atoms with Gasteiger partial charge in [-0.3, -0.25) is 9.59 Å². The predicted octanol–water partition coefficient (Wildman–Crippen LogP) is 3.67.